The molecule has 1 heterocycles. The molecule has 3 aromatic carbocycles. The van der Waals surface area contributed by atoms with E-state index in [2.05, 4.69) is 0 Å². The highest BCUT2D eigenvalue weighted by molar-refractivity contribution is 6.46. The maximum absolute atomic E-state index is 11.8. The van der Waals surface area contributed by atoms with Gasteiger partial charge >= 0.3 is 5.63 Å². The number of hydrogen-bond acceptors (Lipinski definition) is 3. The third-order valence-electron chi connectivity index (χ3n) is 3.54. The monoisotopic (exact) mass is 304 g/mol. The molecule has 0 spiro atoms. The quantitative estimate of drug-likeness (QED) is 0.383. The van der Waals surface area contributed by atoms with Crippen molar-refractivity contribution in [2.75, 3.05) is 0 Å². The summed E-state index contributed by atoms with van der Waals surface area (Å²) in [5.74, 6) is -0.0789. The first-order valence-electron chi connectivity index (χ1n) is 5.87. The van der Waals surface area contributed by atoms with Gasteiger partial charge in [-0.25, -0.2) is 4.79 Å². The summed E-state index contributed by atoms with van der Waals surface area (Å²) >= 11 is 12.2. The van der Waals surface area contributed by atoms with E-state index in [4.69, 9.17) is 27.6 Å². The second-order valence-electron chi connectivity index (χ2n) is 4.58. The van der Waals surface area contributed by atoms with Gasteiger partial charge in [-0.05, 0) is 11.5 Å². The Morgan fingerprint density at radius 3 is 2.55 bits per heavy atom. The van der Waals surface area contributed by atoms with E-state index in [-0.39, 0.29) is 15.8 Å². The summed E-state index contributed by atoms with van der Waals surface area (Å²) in [4.78, 5) is 11.8. The first-order chi connectivity index (χ1) is 9.59. The molecule has 0 bridgehead atoms. The molecule has 20 heavy (non-hydrogen) atoms. The van der Waals surface area contributed by atoms with Gasteiger partial charge in [-0.2, -0.15) is 0 Å². The van der Waals surface area contributed by atoms with Gasteiger partial charge in [-0.1, -0.05) is 47.5 Å². The maximum Gasteiger partial charge on any atom is 0.355 e. The normalized spacial score (nSPS) is 11.9. The number of hydrogen-bond donors (Lipinski definition) is 1. The van der Waals surface area contributed by atoms with Crippen molar-refractivity contribution >= 4 is 55.7 Å². The smallest absolute Gasteiger partial charge is 0.355 e. The lowest BCUT2D eigenvalue weighted by atomic mass is 9.96. The van der Waals surface area contributed by atoms with Crippen LogP contribution in [-0.2, 0) is 0 Å². The van der Waals surface area contributed by atoms with Gasteiger partial charge in [-0.3, -0.25) is 0 Å². The molecule has 1 aromatic heterocycles. The molecule has 0 saturated carbocycles. The molecule has 0 aliphatic heterocycles. The van der Waals surface area contributed by atoms with Crippen LogP contribution in [0.3, 0.4) is 0 Å². The van der Waals surface area contributed by atoms with E-state index >= 15 is 0 Å². The second kappa shape index (κ2) is 3.78. The molecule has 0 saturated heterocycles. The van der Waals surface area contributed by atoms with Crippen LogP contribution < -0.4 is 5.63 Å². The lowest BCUT2D eigenvalue weighted by Gasteiger charge is -2.13. The van der Waals surface area contributed by atoms with Crippen molar-refractivity contribution in [3.05, 3.63) is 50.8 Å². The molecule has 0 fully saturated rings. The van der Waals surface area contributed by atoms with Crippen LogP contribution in [0.5, 0.6) is 5.75 Å². The van der Waals surface area contributed by atoms with Crippen LogP contribution in [0.15, 0.2) is 39.5 Å². The Bertz CT molecular complexity index is 1050. The number of aromatic hydroxyl groups is 1. The molecular weight excluding hydrogens is 299 g/mol. The van der Waals surface area contributed by atoms with Gasteiger partial charge in [0.1, 0.15) is 16.4 Å². The molecule has 5 heteroatoms. The van der Waals surface area contributed by atoms with Crippen LogP contribution in [0.25, 0.3) is 32.5 Å². The van der Waals surface area contributed by atoms with Crippen LogP contribution in [0.2, 0.25) is 10.0 Å². The minimum atomic E-state index is -0.668. The average molecular weight is 305 g/mol. The molecule has 1 N–H and O–H groups in total. The minimum absolute atomic E-state index is 0.0686. The van der Waals surface area contributed by atoms with E-state index in [0.29, 0.717) is 21.7 Å². The van der Waals surface area contributed by atoms with E-state index in [1.54, 1.807) is 12.1 Å². The summed E-state index contributed by atoms with van der Waals surface area (Å²) < 4.78 is 5.20. The van der Waals surface area contributed by atoms with Gasteiger partial charge in [-0.15, -0.1) is 0 Å². The van der Waals surface area contributed by atoms with Gasteiger partial charge in [0.05, 0.1) is 5.02 Å². The molecule has 0 atom stereocenters. The van der Waals surface area contributed by atoms with Crippen molar-refractivity contribution in [3.63, 3.8) is 0 Å². The number of rotatable bonds is 0. The highest BCUT2D eigenvalue weighted by atomic mass is 35.5. The fourth-order valence-electron chi connectivity index (χ4n) is 2.69. The zero-order valence-electron chi connectivity index (χ0n) is 9.91. The predicted octanol–water partition coefficient (Wildman–Crippen LogP) is 4.55. The maximum atomic E-state index is 11.8. The van der Waals surface area contributed by atoms with Crippen LogP contribution in [0.1, 0.15) is 0 Å². The molecule has 0 aliphatic carbocycles. The number of phenolic OH excluding ortho intramolecular Hbond substituents is 1. The van der Waals surface area contributed by atoms with Gasteiger partial charge in [0.2, 0.25) is 0 Å². The summed E-state index contributed by atoms with van der Waals surface area (Å²) in [7, 11) is 0. The molecule has 98 valence electrons. The van der Waals surface area contributed by atoms with Crippen molar-refractivity contribution in [2.24, 2.45) is 0 Å². The Labute approximate surface area is 122 Å². The van der Waals surface area contributed by atoms with Crippen molar-refractivity contribution in [1.29, 1.82) is 0 Å². The van der Waals surface area contributed by atoms with Crippen LogP contribution >= 0.6 is 23.2 Å². The van der Waals surface area contributed by atoms with Gasteiger partial charge < -0.3 is 9.52 Å². The average Bonchev–Trinajstić information content (AvgIpc) is 2.45. The zero-order chi connectivity index (χ0) is 14.0. The Balaban J connectivity index is 2.55. The largest absolute Gasteiger partial charge is 0.506 e. The van der Waals surface area contributed by atoms with E-state index in [0.717, 1.165) is 10.8 Å². The molecule has 4 aromatic rings. The third-order valence-corrected chi connectivity index (χ3v) is 4.25. The highest BCUT2D eigenvalue weighted by Gasteiger charge is 2.21. The first kappa shape index (κ1) is 11.8. The van der Waals surface area contributed by atoms with E-state index < -0.39 is 5.63 Å². The predicted molar refractivity (Wildman–Crippen MR) is 80.4 cm³/mol. The Morgan fingerprint density at radius 1 is 0.950 bits per heavy atom. The Hall–Kier alpha value is -1.97. The summed E-state index contributed by atoms with van der Waals surface area (Å²) in [6.45, 7) is 0. The summed E-state index contributed by atoms with van der Waals surface area (Å²) in [5.41, 5.74) is -0.265. The molecule has 3 nitrogen and oxygen atoms in total. The SMILES string of the molecule is O=c1oc2ccc3cccc4c(O)c(Cl)c(c1Cl)c2c34. The van der Waals surface area contributed by atoms with E-state index in [9.17, 15) is 9.90 Å². The van der Waals surface area contributed by atoms with Crippen LogP contribution in [-0.4, -0.2) is 5.11 Å². The molecule has 0 unspecified atom stereocenters. The number of phenols is 1. The van der Waals surface area contributed by atoms with Gasteiger partial charge in [0.15, 0.2) is 0 Å². The number of halogens is 2. The van der Waals surface area contributed by atoms with Crippen molar-refractivity contribution in [3.8, 4) is 5.75 Å². The van der Waals surface area contributed by atoms with Gasteiger partial charge in [0.25, 0.3) is 0 Å². The van der Waals surface area contributed by atoms with E-state index in [1.807, 2.05) is 18.2 Å². The summed E-state index contributed by atoms with van der Waals surface area (Å²) in [6.07, 6.45) is 0. The molecule has 0 aliphatic rings. The number of benzene rings is 3. The van der Waals surface area contributed by atoms with Gasteiger partial charge in [0, 0.05) is 21.5 Å². The summed E-state index contributed by atoms with van der Waals surface area (Å²) in [6, 6.07) is 9.04. The third kappa shape index (κ3) is 1.29. The van der Waals surface area contributed by atoms with Crippen LogP contribution in [0.4, 0.5) is 0 Å². The van der Waals surface area contributed by atoms with Crippen molar-refractivity contribution in [2.45, 2.75) is 0 Å². The van der Waals surface area contributed by atoms with E-state index in [1.165, 1.54) is 0 Å². The Morgan fingerprint density at radius 2 is 1.75 bits per heavy atom. The standard InChI is InChI=1S/C15H6Cl2O3/c16-12-11-10-8(20-15(19)13(11)17)5-4-6-2-1-3-7(9(6)10)14(12)18/h1-5,18H. The molecule has 0 radical (unpaired) electrons. The topological polar surface area (TPSA) is 50.4 Å². The van der Waals surface area contributed by atoms with Crippen molar-refractivity contribution < 1.29 is 9.52 Å². The molecular formula is C15H6Cl2O3. The lowest BCUT2D eigenvalue weighted by Crippen LogP contribution is -2.01. The second-order valence-corrected chi connectivity index (χ2v) is 5.34. The highest BCUT2D eigenvalue weighted by Crippen LogP contribution is 2.45. The Kier molecular flexibility index (Phi) is 2.23. The fourth-order valence-corrected chi connectivity index (χ4v) is 3.26. The lowest BCUT2D eigenvalue weighted by molar-refractivity contribution is 0.482. The minimum Gasteiger partial charge on any atom is -0.506 e. The summed E-state index contributed by atoms with van der Waals surface area (Å²) in [5, 5.41) is 13.5. The fraction of sp³-hybridized carbons (Fsp3) is 0. The molecule has 0 amide bonds. The zero-order valence-corrected chi connectivity index (χ0v) is 11.4. The first-order valence-corrected chi connectivity index (χ1v) is 6.62. The molecule has 4 rings (SSSR count). The van der Waals surface area contributed by atoms with Crippen LogP contribution in [0, 0.1) is 0 Å². The van der Waals surface area contributed by atoms with Crippen molar-refractivity contribution in [1.82, 2.24) is 0 Å².